The van der Waals surface area contributed by atoms with E-state index in [4.69, 9.17) is 0 Å². The number of carbonyl (C=O) groups is 1. The van der Waals surface area contributed by atoms with Crippen LogP contribution >= 0.6 is 0 Å². The van der Waals surface area contributed by atoms with Gasteiger partial charge in [-0.05, 0) is 6.07 Å². The molecule has 0 aliphatic rings. The number of halogens is 3. The quantitative estimate of drug-likeness (QED) is 0.626. The first kappa shape index (κ1) is 11.8. The average molecular weight is 230 g/mol. The van der Waals surface area contributed by atoms with Crippen molar-refractivity contribution in [2.24, 2.45) is 5.73 Å². The van der Waals surface area contributed by atoms with Crippen molar-refractivity contribution in [2.75, 3.05) is 0 Å². The molecular weight excluding hydrogens is 225 g/mol. The molecule has 0 fully saturated rings. The van der Waals surface area contributed by atoms with E-state index >= 15 is 0 Å². The minimum absolute atomic E-state index is 0.147. The predicted molar refractivity (Wildman–Crippen MR) is 48.1 cm³/mol. The lowest BCUT2D eigenvalue weighted by Crippen LogP contribution is -2.21. The maximum absolute atomic E-state index is 12.3. The second-order valence-electron chi connectivity index (χ2n) is 2.74. The van der Waals surface area contributed by atoms with Gasteiger partial charge in [0.1, 0.15) is 5.56 Å². The van der Waals surface area contributed by atoms with Gasteiger partial charge in [0.15, 0.2) is 0 Å². The molecule has 1 heterocycles. The second-order valence-corrected chi connectivity index (χ2v) is 2.74. The van der Waals surface area contributed by atoms with Gasteiger partial charge in [0.05, 0.1) is 0 Å². The standard InChI is InChI=1S/C9H5F3N2O2/c10-9(11,12)6-3-5(1-2-7(13)15)4-14-8(6)16/h3-4H,(H2,13,15)(H,14,16). The van der Waals surface area contributed by atoms with Crippen LogP contribution in [0.15, 0.2) is 17.1 Å². The Morgan fingerprint density at radius 3 is 2.56 bits per heavy atom. The number of nitrogens with one attached hydrogen (secondary N) is 1. The van der Waals surface area contributed by atoms with Crippen LogP contribution in [0.2, 0.25) is 0 Å². The summed E-state index contributed by atoms with van der Waals surface area (Å²) >= 11 is 0. The van der Waals surface area contributed by atoms with Gasteiger partial charge in [0.2, 0.25) is 0 Å². The topological polar surface area (TPSA) is 76.0 Å². The predicted octanol–water partition coefficient (Wildman–Crippen LogP) is 0.230. The van der Waals surface area contributed by atoms with Crippen molar-refractivity contribution in [2.45, 2.75) is 6.18 Å². The van der Waals surface area contributed by atoms with E-state index in [1.807, 2.05) is 10.9 Å². The fraction of sp³-hybridized carbons (Fsp3) is 0.111. The summed E-state index contributed by atoms with van der Waals surface area (Å²) in [6.45, 7) is 0. The zero-order valence-corrected chi connectivity index (χ0v) is 7.68. The fourth-order valence-electron chi connectivity index (χ4n) is 0.900. The third-order valence-electron chi connectivity index (χ3n) is 1.54. The minimum atomic E-state index is -4.77. The molecule has 3 N–H and O–H groups in total. The molecule has 1 rings (SSSR count). The summed E-state index contributed by atoms with van der Waals surface area (Å²) in [5, 5.41) is 0. The van der Waals surface area contributed by atoms with Crippen LogP contribution in [-0.2, 0) is 11.0 Å². The van der Waals surface area contributed by atoms with Crippen LogP contribution in [-0.4, -0.2) is 10.9 Å². The number of aromatic nitrogens is 1. The van der Waals surface area contributed by atoms with Crippen LogP contribution in [0.25, 0.3) is 0 Å². The molecule has 4 nitrogen and oxygen atoms in total. The molecule has 16 heavy (non-hydrogen) atoms. The highest BCUT2D eigenvalue weighted by molar-refractivity contribution is 5.92. The summed E-state index contributed by atoms with van der Waals surface area (Å²) in [7, 11) is 0. The van der Waals surface area contributed by atoms with Crippen molar-refractivity contribution in [3.8, 4) is 11.8 Å². The number of rotatable bonds is 0. The largest absolute Gasteiger partial charge is 0.421 e. The van der Waals surface area contributed by atoms with E-state index in [1.54, 1.807) is 0 Å². The monoisotopic (exact) mass is 230 g/mol. The third-order valence-corrected chi connectivity index (χ3v) is 1.54. The number of alkyl halides is 3. The molecule has 0 saturated carbocycles. The SMILES string of the molecule is NC(=O)C#Cc1c[nH]c(=O)c(C(F)(F)F)c1. The van der Waals surface area contributed by atoms with Crippen molar-refractivity contribution in [3.63, 3.8) is 0 Å². The van der Waals surface area contributed by atoms with E-state index in [-0.39, 0.29) is 5.56 Å². The Morgan fingerprint density at radius 2 is 2.06 bits per heavy atom. The van der Waals surface area contributed by atoms with Crippen LogP contribution in [0.3, 0.4) is 0 Å². The maximum atomic E-state index is 12.3. The van der Waals surface area contributed by atoms with Gasteiger partial charge in [-0.15, -0.1) is 0 Å². The molecule has 1 aromatic heterocycles. The molecule has 0 aliphatic carbocycles. The Morgan fingerprint density at radius 1 is 1.44 bits per heavy atom. The highest BCUT2D eigenvalue weighted by Crippen LogP contribution is 2.26. The molecule has 1 aromatic rings. The van der Waals surface area contributed by atoms with E-state index in [0.717, 1.165) is 6.20 Å². The second kappa shape index (κ2) is 4.10. The molecule has 7 heteroatoms. The van der Waals surface area contributed by atoms with Crippen LogP contribution in [0.1, 0.15) is 11.1 Å². The zero-order chi connectivity index (χ0) is 12.3. The first-order valence-electron chi connectivity index (χ1n) is 3.92. The van der Waals surface area contributed by atoms with Gasteiger partial charge >= 0.3 is 6.18 Å². The lowest BCUT2D eigenvalue weighted by atomic mass is 10.2. The number of H-pyrrole nitrogens is 1. The Labute approximate surface area is 87.3 Å². The summed E-state index contributed by atoms with van der Waals surface area (Å²) in [6, 6.07) is 0.550. The van der Waals surface area contributed by atoms with Gasteiger partial charge in [-0.2, -0.15) is 13.2 Å². The first-order valence-corrected chi connectivity index (χ1v) is 3.92. The maximum Gasteiger partial charge on any atom is 0.421 e. The average Bonchev–Trinajstić information content (AvgIpc) is 2.14. The number of hydrogen-bond donors (Lipinski definition) is 2. The third kappa shape index (κ3) is 2.88. The molecule has 0 radical (unpaired) electrons. The Bertz CT molecular complexity index is 534. The highest BCUT2D eigenvalue weighted by atomic mass is 19.4. The molecule has 0 bridgehead atoms. The lowest BCUT2D eigenvalue weighted by Gasteiger charge is -2.04. The molecule has 1 amide bonds. The molecular formula is C9H5F3N2O2. The molecule has 0 spiro atoms. The van der Waals surface area contributed by atoms with Crippen molar-refractivity contribution in [3.05, 3.63) is 33.7 Å². The van der Waals surface area contributed by atoms with Crippen molar-refractivity contribution in [1.29, 1.82) is 0 Å². The van der Waals surface area contributed by atoms with E-state index < -0.39 is 23.2 Å². The number of aromatic amines is 1. The lowest BCUT2D eigenvalue weighted by molar-refractivity contribution is -0.138. The van der Waals surface area contributed by atoms with Crippen LogP contribution < -0.4 is 11.3 Å². The Balaban J connectivity index is 3.25. The number of primary amides is 1. The molecule has 0 saturated heterocycles. The first-order chi connectivity index (χ1) is 7.30. The number of hydrogen-bond acceptors (Lipinski definition) is 2. The van der Waals surface area contributed by atoms with E-state index in [1.165, 1.54) is 0 Å². The molecule has 0 aliphatic heterocycles. The van der Waals surface area contributed by atoms with Crippen molar-refractivity contribution in [1.82, 2.24) is 4.98 Å². The van der Waals surface area contributed by atoms with Gasteiger partial charge in [-0.1, -0.05) is 5.92 Å². The summed E-state index contributed by atoms with van der Waals surface area (Å²) in [5.74, 6) is 2.98. The highest BCUT2D eigenvalue weighted by Gasteiger charge is 2.33. The number of amides is 1. The van der Waals surface area contributed by atoms with Gasteiger partial charge < -0.3 is 10.7 Å². The zero-order valence-electron chi connectivity index (χ0n) is 7.68. The van der Waals surface area contributed by atoms with Gasteiger partial charge in [0, 0.05) is 17.7 Å². The van der Waals surface area contributed by atoms with Crippen LogP contribution in [0.5, 0.6) is 0 Å². The Hall–Kier alpha value is -2.23. The van der Waals surface area contributed by atoms with Crippen LogP contribution in [0.4, 0.5) is 13.2 Å². The van der Waals surface area contributed by atoms with Gasteiger partial charge in [-0.3, -0.25) is 9.59 Å². The van der Waals surface area contributed by atoms with Crippen molar-refractivity contribution < 1.29 is 18.0 Å². The van der Waals surface area contributed by atoms with E-state index in [2.05, 4.69) is 11.7 Å². The Kier molecular flexibility index (Phi) is 3.04. The van der Waals surface area contributed by atoms with E-state index in [0.29, 0.717) is 6.07 Å². The number of nitrogens with two attached hydrogens (primary N) is 1. The number of carbonyl (C=O) groups excluding carboxylic acids is 1. The molecule has 0 atom stereocenters. The minimum Gasteiger partial charge on any atom is -0.359 e. The fourth-order valence-corrected chi connectivity index (χ4v) is 0.900. The molecule has 84 valence electrons. The summed E-state index contributed by atoms with van der Waals surface area (Å²) < 4.78 is 36.8. The smallest absolute Gasteiger partial charge is 0.359 e. The number of pyridine rings is 1. The molecule has 0 unspecified atom stereocenters. The van der Waals surface area contributed by atoms with Crippen LogP contribution in [0, 0.1) is 11.8 Å². The van der Waals surface area contributed by atoms with Gasteiger partial charge in [0.25, 0.3) is 11.5 Å². The summed E-state index contributed by atoms with van der Waals surface area (Å²) in [4.78, 5) is 23.0. The van der Waals surface area contributed by atoms with Crippen molar-refractivity contribution >= 4 is 5.91 Å². The normalized spacial score (nSPS) is 10.4. The molecule has 0 aromatic carbocycles. The van der Waals surface area contributed by atoms with Gasteiger partial charge in [-0.25, -0.2) is 0 Å². The summed E-state index contributed by atoms with van der Waals surface area (Å²) in [5.41, 5.74) is 1.90. The summed E-state index contributed by atoms with van der Waals surface area (Å²) in [6.07, 6.45) is -3.80. The van der Waals surface area contributed by atoms with E-state index in [9.17, 15) is 22.8 Å².